The second kappa shape index (κ2) is 7.65. The van der Waals surface area contributed by atoms with Crippen LogP contribution in [0.25, 0.3) is 10.2 Å². The highest BCUT2D eigenvalue weighted by atomic mass is 32.1. The molecule has 2 heterocycles. The van der Waals surface area contributed by atoms with Gasteiger partial charge in [0.05, 0.1) is 20.8 Å². The molecule has 0 atom stereocenters. The first-order chi connectivity index (χ1) is 11.7. The third-order valence-electron chi connectivity index (χ3n) is 3.37. The summed E-state index contributed by atoms with van der Waals surface area (Å²) >= 11 is 1.64. The number of nitrogens with one attached hydrogen (secondary N) is 2. The third-order valence-corrected chi connectivity index (χ3v) is 4.47. The fourth-order valence-corrected chi connectivity index (χ4v) is 3.19. The number of para-hydroxylation sites is 1. The molecule has 0 saturated carbocycles. The summed E-state index contributed by atoms with van der Waals surface area (Å²) in [6, 6.07) is 11.3. The fraction of sp³-hybridized carbons (Fsp3) is 0.176. The van der Waals surface area contributed by atoms with Crippen LogP contribution in [0.5, 0.6) is 0 Å². The molecule has 3 rings (SSSR count). The maximum Gasteiger partial charge on any atom is 0.271 e. The van der Waals surface area contributed by atoms with Gasteiger partial charge in [-0.2, -0.15) is 0 Å². The van der Waals surface area contributed by atoms with E-state index in [1.54, 1.807) is 29.7 Å². The molecular formula is C17H16N4O2S. The summed E-state index contributed by atoms with van der Waals surface area (Å²) < 4.78 is 1.15. The molecule has 2 amide bonds. The van der Waals surface area contributed by atoms with Crippen LogP contribution >= 0.6 is 11.3 Å². The first kappa shape index (κ1) is 16.1. The Labute approximate surface area is 142 Å². The van der Waals surface area contributed by atoms with Crippen molar-refractivity contribution in [2.75, 3.05) is 0 Å². The molecule has 0 saturated heterocycles. The van der Waals surface area contributed by atoms with Crippen LogP contribution in [0.4, 0.5) is 0 Å². The molecule has 24 heavy (non-hydrogen) atoms. The summed E-state index contributed by atoms with van der Waals surface area (Å²) in [5.41, 5.74) is 6.17. The highest BCUT2D eigenvalue weighted by Crippen LogP contribution is 2.22. The fourth-order valence-electron chi connectivity index (χ4n) is 2.19. The van der Waals surface area contributed by atoms with Gasteiger partial charge in [0.1, 0.15) is 0 Å². The zero-order valence-corrected chi connectivity index (χ0v) is 13.7. The third kappa shape index (κ3) is 4.14. The van der Waals surface area contributed by atoms with Crippen LogP contribution in [-0.2, 0) is 11.2 Å². The molecule has 3 aromatic rings. The van der Waals surface area contributed by atoms with Crippen molar-refractivity contribution >= 4 is 33.4 Å². The molecule has 1 aromatic carbocycles. The van der Waals surface area contributed by atoms with Crippen molar-refractivity contribution in [2.24, 2.45) is 0 Å². The predicted molar refractivity (Wildman–Crippen MR) is 92.4 cm³/mol. The van der Waals surface area contributed by atoms with E-state index in [2.05, 4.69) is 20.8 Å². The Morgan fingerprint density at radius 1 is 1.08 bits per heavy atom. The van der Waals surface area contributed by atoms with Gasteiger partial charge < -0.3 is 0 Å². The zero-order valence-electron chi connectivity index (χ0n) is 12.9. The molecule has 6 nitrogen and oxygen atoms in total. The minimum absolute atomic E-state index is 0.228. The lowest BCUT2D eigenvalue weighted by atomic mass is 10.2. The van der Waals surface area contributed by atoms with Crippen LogP contribution in [0, 0.1) is 0 Å². The number of nitrogens with zero attached hydrogens (tertiary/aromatic N) is 2. The number of benzene rings is 1. The largest absolute Gasteiger partial charge is 0.273 e. The Morgan fingerprint density at radius 2 is 1.96 bits per heavy atom. The number of carbonyl (C=O) groups excluding carboxylic acids is 2. The van der Waals surface area contributed by atoms with E-state index >= 15 is 0 Å². The second-order valence-electron chi connectivity index (χ2n) is 5.17. The van der Waals surface area contributed by atoms with E-state index in [1.807, 2.05) is 24.3 Å². The number of thiazole rings is 1. The molecule has 0 spiro atoms. The summed E-state index contributed by atoms with van der Waals surface area (Å²) in [5, 5.41) is 1.02. The molecular weight excluding hydrogens is 324 g/mol. The lowest BCUT2D eigenvalue weighted by Gasteiger charge is -2.06. The first-order valence-electron chi connectivity index (χ1n) is 7.56. The van der Waals surface area contributed by atoms with E-state index in [1.165, 1.54) is 6.20 Å². The molecule has 0 unspecified atom stereocenters. The second-order valence-corrected chi connectivity index (χ2v) is 6.29. The van der Waals surface area contributed by atoms with Crippen LogP contribution in [0.2, 0.25) is 0 Å². The van der Waals surface area contributed by atoms with Crippen molar-refractivity contribution in [1.29, 1.82) is 0 Å². The van der Waals surface area contributed by atoms with E-state index in [4.69, 9.17) is 0 Å². The molecule has 0 radical (unpaired) electrons. The Bertz CT molecular complexity index is 815. The molecule has 0 aliphatic rings. The van der Waals surface area contributed by atoms with E-state index < -0.39 is 0 Å². The number of amides is 2. The average Bonchev–Trinajstić information content (AvgIpc) is 3.03. The summed E-state index contributed by atoms with van der Waals surface area (Å²) in [6.07, 6.45) is 4.76. The Morgan fingerprint density at radius 3 is 2.75 bits per heavy atom. The van der Waals surface area contributed by atoms with Gasteiger partial charge in [0.15, 0.2) is 0 Å². The quantitative estimate of drug-likeness (QED) is 0.699. The van der Waals surface area contributed by atoms with Crippen LogP contribution in [-0.4, -0.2) is 21.8 Å². The van der Waals surface area contributed by atoms with Gasteiger partial charge in [-0.25, -0.2) is 4.98 Å². The van der Waals surface area contributed by atoms with Crippen molar-refractivity contribution in [3.8, 4) is 0 Å². The molecule has 0 aliphatic heterocycles. The Kier molecular flexibility index (Phi) is 5.12. The molecule has 2 aromatic heterocycles. The van der Waals surface area contributed by atoms with Gasteiger partial charge >= 0.3 is 0 Å². The van der Waals surface area contributed by atoms with Crippen molar-refractivity contribution in [3.05, 3.63) is 59.4 Å². The lowest BCUT2D eigenvalue weighted by molar-refractivity contribution is -0.121. The minimum Gasteiger partial charge on any atom is -0.273 e. The summed E-state index contributed by atoms with van der Waals surface area (Å²) in [7, 11) is 0. The van der Waals surface area contributed by atoms with Crippen LogP contribution in [0.1, 0.15) is 28.2 Å². The van der Waals surface area contributed by atoms with Gasteiger partial charge in [-0.1, -0.05) is 12.1 Å². The average molecular weight is 340 g/mol. The normalized spacial score (nSPS) is 10.5. The summed E-state index contributed by atoms with van der Waals surface area (Å²) in [5.74, 6) is -0.615. The summed E-state index contributed by atoms with van der Waals surface area (Å²) in [6.45, 7) is 0. The number of fused-ring (bicyclic) bond motifs is 1. The van der Waals surface area contributed by atoms with E-state index in [0.29, 0.717) is 18.4 Å². The van der Waals surface area contributed by atoms with Gasteiger partial charge in [-0.15, -0.1) is 11.3 Å². The molecule has 0 fully saturated rings. The maximum atomic E-state index is 11.8. The predicted octanol–water partition coefficient (Wildman–Crippen LogP) is 2.48. The number of hydrazine groups is 1. The number of aromatic nitrogens is 2. The minimum atomic E-state index is -0.386. The number of carbonyl (C=O) groups is 2. The number of hydrogen-bond donors (Lipinski definition) is 2. The standard InChI is InChI=1S/C17H16N4O2S/c22-15(20-21-17(23)12-5-4-10-18-11-12)8-3-9-16-19-13-6-1-2-7-14(13)24-16/h1-2,4-7,10-11H,3,8-9H2,(H,20,22)(H,21,23). The zero-order chi connectivity index (χ0) is 16.8. The summed E-state index contributed by atoms with van der Waals surface area (Å²) in [4.78, 5) is 31.9. The molecule has 0 aliphatic carbocycles. The van der Waals surface area contributed by atoms with Gasteiger partial charge in [0, 0.05) is 18.8 Å². The SMILES string of the molecule is O=C(CCCc1nc2ccccc2s1)NNC(=O)c1cccnc1. The van der Waals surface area contributed by atoms with Crippen molar-refractivity contribution in [3.63, 3.8) is 0 Å². The number of pyridine rings is 1. The molecule has 7 heteroatoms. The molecule has 2 N–H and O–H groups in total. The topological polar surface area (TPSA) is 84.0 Å². The first-order valence-corrected chi connectivity index (χ1v) is 8.38. The van der Waals surface area contributed by atoms with E-state index in [9.17, 15) is 9.59 Å². The smallest absolute Gasteiger partial charge is 0.271 e. The van der Waals surface area contributed by atoms with Gasteiger partial charge in [0.25, 0.3) is 5.91 Å². The monoisotopic (exact) mass is 340 g/mol. The highest BCUT2D eigenvalue weighted by molar-refractivity contribution is 7.18. The Hall–Kier alpha value is -2.80. The van der Waals surface area contributed by atoms with Gasteiger partial charge in [-0.3, -0.25) is 25.4 Å². The van der Waals surface area contributed by atoms with Gasteiger partial charge in [-0.05, 0) is 37.1 Å². The van der Waals surface area contributed by atoms with Crippen LogP contribution < -0.4 is 10.9 Å². The van der Waals surface area contributed by atoms with E-state index in [-0.39, 0.29) is 11.8 Å². The van der Waals surface area contributed by atoms with Crippen LogP contribution in [0.15, 0.2) is 48.8 Å². The maximum absolute atomic E-state index is 11.8. The van der Waals surface area contributed by atoms with E-state index in [0.717, 1.165) is 21.6 Å². The lowest BCUT2D eigenvalue weighted by Crippen LogP contribution is -2.41. The molecule has 0 bridgehead atoms. The number of aryl methyl sites for hydroxylation is 1. The van der Waals surface area contributed by atoms with Crippen LogP contribution in [0.3, 0.4) is 0 Å². The highest BCUT2D eigenvalue weighted by Gasteiger charge is 2.08. The van der Waals surface area contributed by atoms with Crippen molar-refractivity contribution in [2.45, 2.75) is 19.3 Å². The molecule has 122 valence electrons. The Balaban J connectivity index is 1.42. The van der Waals surface area contributed by atoms with Gasteiger partial charge in [0.2, 0.25) is 5.91 Å². The van der Waals surface area contributed by atoms with Crippen molar-refractivity contribution in [1.82, 2.24) is 20.8 Å². The van der Waals surface area contributed by atoms with Crippen molar-refractivity contribution < 1.29 is 9.59 Å². The number of rotatable bonds is 5. The number of hydrogen-bond acceptors (Lipinski definition) is 5.